The van der Waals surface area contributed by atoms with Crippen molar-refractivity contribution < 1.29 is 73.1 Å². The number of carboxylic acid groups (broad SMARTS) is 3. The number of aliphatic carboxylic acids is 1. The molecule has 10 aromatic carbocycles. The minimum Gasteiger partial charge on any atom is -0.870 e. The van der Waals surface area contributed by atoms with Crippen LogP contribution in [0.25, 0.3) is 65.4 Å². The number of pyridine rings is 3. The number of carbonyl (C=O) groups excluding carboxylic acids is 2. The number of aromatic carboxylic acids is 2. The van der Waals surface area contributed by atoms with Gasteiger partial charge in [-0.25, -0.2) is 9.59 Å². The summed E-state index contributed by atoms with van der Waals surface area (Å²) in [7, 11) is 18.9. The summed E-state index contributed by atoms with van der Waals surface area (Å²) in [5, 5.41) is 36.9. The number of nitrogen functional groups attached to an aromatic ring is 1. The monoisotopic (exact) mass is 1980 g/mol. The number of halogens is 7. The molecule has 0 aliphatic heterocycles. The molecule has 0 spiro atoms. The minimum absolute atomic E-state index is 0. The van der Waals surface area contributed by atoms with E-state index >= 15 is 0 Å². The summed E-state index contributed by atoms with van der Waals surface area (Å²) in [6, 6.07) is 48.9. The molecule has 0 saturated carbocycles. The Morgan fingerprint density at radius 2 is 0.828 bits per heavy atom. The second-order valence-electron chi connectivity index (χ2n) is 28.5. The first-order valence-electron chi connectivity index (χ1n) is 37.2. The van der Waals surface area contributed by atoms with E-state index in [-0.39, 0.29) is 76.8 Å². The second kappa shape index (κ2) is 46.5. The molecule has 0 unspecified atom stereocenters. The van der Waals surface area contributed by atoms with Crippen LogP contribution in [0.2, 0.25) is 25.1 Å². The van der Waals surface area contributed by atoms with Crippen molar-refractivity contribution in [3.05, 3.63) is 262 Å². The van der Waals surface area contributed by atoms with Crippen molar-refractivity contribution >= 4 is 244 Å². The number of aromatic nitrogens is 3. The third kappa shape index (κ3) is 25.6. The maximum Gasteiger partial charge on any atom is 1.00 e. The van der Waals surface area contributed by atoms with Crippen molar-refractivity contribution in [1.82, 2.24) is 14.1 Å². The molecule has 3 aromatic heterocycles. The van der Waals surface area contributed by atoms with Crippen molar-refractivity contribution in [2.45, 2.75) is 61.6 Å². The number of hydrogen-bond donors (Lipinski definition) is 6. The number of H-pyrrole nitrogens is 1. The number of aryl methyl sites for hydroxylation is 5. The Bertz CT molecular complexity index is 6210. The molecule has 122 heavy (non-hydrogen) atoms. The summed E-state index contributed by atoms with van der Waals surface area (Å²) in [6.45, 7) is 13.6. The smallest absolute Gasteiger partial charge is 0.870 e. The van der Waals surface area contributed by atoms with Gasteiger partial charge in [-0.05, 0) is 192 Å². The van der Waals surface area contributed by atoms with Gasteiger partial charge < -0.3 is 79.9 Å². The van der Waals surface area contributed by atoms with Crippen molar-refractivity contribution in [1.29, 1.82) is 0 Å². The number of nitrogens with zero attached hydrogens (tertiary/aromatic N) is 7. The van der Waals surface area contributed by atoms with Gasteiger partial charge in [0.2, 0.25) is 0 Å². The summed E-state index contributed by atoms with van der Waals surface area (Å²) in [6.07, 6.45) is 0. The average Bonchev–Trinajstić information content (AvgIpc) is 0.740. The van der Waals surface area contributed by atoms with E-state index in [1.54, 1.807) is 108 Å². The van der Waals surface area contributed by atoms with E-state index in [0.717, 1.165) is 66.6 Å². The molecule has 640 valence electrons. The molecular weight excluding hydrogens is 1880 g/mol. The summed E-state index contributed by atoms with van der Waals surface area (Å²) in [5.74, 6) is -3.42. The summed E-state index contributed by atoms with van der Waals surface area (Å²) in [4.78, 5) is 107. The van der Waals surface area contributed by atoms with Gasteiger partial charge in [0.15, 0.2) is 16.3 Å². The van der Waals surface area contributed by atoms with Gasteiger partial charge in [-0.1, -0.05) is 151 Å². The molecule has 0 atom stereocenters. The Balaban J connectivity index is 0.000000261. The Hall–Kier alpha value is -9.97. The third-order valence-corrected chi connectivity index (χ3v) is 21.3. The number of nitrogens with one attached hydrogen (secondary N) is 2. The Labute approximate surface area is 771 Å². The molecule has 32 heteroatoms. The van der Waals surface area contributed by atoms with Crippen molar-refractivity contribution in [2.75, 3.05) is 124 Å². The molecule has 0 saturated heterocycles. The van der Waals surface area contributed by atoms with E-state index in [1.165, 1.54) is 3.57 Å². The number of esters is 2. The quantitative estimate of drug-likeness (QED) is 0.0131. The van der Waals surface area contributed by atoms with E-state index in [1.807, 2.05) is 231 Å². The molecule has 0 amide bonds. The van der Waals surface area contributed by atoms with Gasteiger partial charge in [-0.2, -0.15) is 0 Å². The topological polar surface area (TPSA) is 326 Å². The van der Waals surface area contributed by atoms with E-state index in [0.29, 0.717) is 115 Å². The van der Waals surface area contributed by atoms with Gasteiger partial charge in [0.25, 0.3) is 0 Å². The third-order valence-electron chi connectivity index (χ3n) is 18.2. The van der Waals surface area contributed by atoms with Crippen LogP contribution in [-0.4, -0.2) is 153 Å². The summed E-state index contributed by atoms with van der Waals surface area (Å²) in [5.41, 5.74) is 20.2. The molecule has 0 bridgehead atoms. The van der Waals surface area contributed by atoms with E-state index in [2.05, 4.69) is 37.6 Å². The van der Waals surface area contributed by atoms with Gasteiger partial charge in [0.05, 0.1) is 121 Å². The predicted octanol–water partition coefficient (Wildman–Crippen LogP) is 17.0. The number of rotatable bonds is 16. The van der Waals surface area contributed by atoms with Crippen LogP contribution in [0.3, 0.4) is 0 Å². The van der Waals surface area contributed by atoms with Crippen molar-refractivity contribution in [3.63, 3.8) is 0 Å². The zero-order chi connectivity index (χ0) is 89.2. The van der Waals surface area contributed by atoms with Crippen LogP contribution < -0.4 is 70.7 Å². The maximum atomic E-state index is 13.1. The Kier molecular flexibility index (Phi) is 39.1. The molecule has 3 heterocycles. The first kappa shape index (κ1) is 103. The van der Waals surface area contributed by atoms with Crippen LogP contribution in [0.1, 0.15) is 62.4 Å². The Morgan fingerprint density at radius 3 is 1.25 bits per heavy atom. The number of carboxylic acids is 3. The van der Waals surface area contributed by atoms with Gasteiger partial charge in [-0.15, -0.1) is 0 Å². The van der Waals surface area contributed by atoms with Gasteiger partial charge in [0, 0.05) is 118 Å². The van der Waals surface area contributed by atoms with Gasteiger partial charge in [-0.3, -0.25) is 28.8 Å². The normalized spacial score (nSPS) is 10.4. The first-order valence-corrected chi connectivity index (χ1v) is 41.7. The first-order chi connectivity index (χ1) is 56.6. The van der Waals surface area contributed by atoms with E-state index in [9.17, 15) is 48.6 Å². The summed E-state index contributed by atoms with van der Waals surface area (Å²) < 4.78 is 14.8. The zero-order valence-corrected chi connectivity index (χ0v) is 78.9. The predicted molar refractivity (Wildman–Crippen MR) is 516 cm³/mol. The number of nitrogens with two attached hydrogens (primary N) is 1. The number of carbonyl (C=O) groups is 5. The molecule has 0 aliphatic carbocycles. The number of aromatic amines is 1. The molecule has 8 N–H and O–H groups in total. The molecule has 24 nitrogen and oxygen atoms in total. The fourth-order valence-corrected chi connectivity index (χ4v) is 16.0. The number of fused-ring (bicyclic) bond motifs is 6. The van der Waals surface area contributed by atoms with Crippen LogP contribution in [0.5, 0.6) is 0 Å². The number of ether oxygens (including phenoxy) is 2. The van der Waals surface area contributed by atoms with E-state index < -0.39 is 17.9 Å². The van der Waals surface area contributed by atoms with Gasteiger partial charge in [0.1, 0.15) is 13.1 Å². The van der Waals surface area contributed by atoms with E-state index in [4.69, 9.17) is 73.6 Å². The molecule has 0 aliphatic rings. The average molecular weight is 1980 g/mol. The number of hydrogen-bond acceptors (Lipinski definition) is 18. The Morgan fingerprint density at radius 1 is 0.443 bits per heavy atom. The largest absolute Gasteiger partial charge is 1.00 e. The molecular formula is C90H96Cl5I2LiN10O14. The SMILES string of the molecule is CCOC(=O)CI.CCOC(=O)Cn1c2ccc(C)cc2c(=O)c2ccc(Cl)c(N(C)C)c21.CN(C)c1c(Cl)cccc1I.Cc1ccc(N)c(C(=O)O)c1.Cc1ccc(Nc2cccc(Cl)c2N(C)C)c(C(=O)O)c1.Cc1ccc2[nH]c3c(N(C)C)c(Cl)ccc3c(=O)c2c1.Cc1ccc2c(c1)c(=O)c1ccc(Cl)c(N(C)C)c1n2CC(=O)O.[Li+].[OH-]. The van der Waals surface area contributed by atoms with Gasteiger partial charge >= 0.3 is 48.7 Å². The molecule has 0 radical (unpaired) electrons. The molecule has 13 aromatic rings. The number of anilines is 8. The van der Waals surface area contributed by atoms with Crippen LogP contribution >= 0.6 is 103 Å². The molecule has 13 rings (SSSR count). The van der Waals surface area contributed by atoms with Crippen molar-refractivity contribution in [2.24, 2.45) is 0 Å². The zero-order valence-electron chi connectivity index (χ0n) is 70.8. The summed E-state index contributed by atoms with van der Waals surface area (Å²) >= 11 is 35.5. The molecule has 0 fully saturated rings. The van der Waals surface area contributed by atoms with Crippen LogP contribution in [0.4, 0.5) is 45.5 Å². The number of para-hydroxylation sites is 2. The fourth-order valence-electron chi connectivity index (χ4n) is 13.0. The maximum absolute atomic E-state index is 13.1. The number of alkyl halides is 1. The fraction of sp³-hybridized carbons (Fsp3) is 0.244. The number of benzene rings is 10. The van der Waals surface area contributed by atoms with Crippen LogP contribution in [0, 0.1) is 38.2 Å². The minimum atomic E-state index is -0.980. The van der Waals surface area contributed by atoms with Crippen molar-refractivity contribution in [3.8, 4) is 0 Å². The van der Waals surface area contributed by atoms with Crippen LogP contribution in [-0.2, 0) is 36.9 Å². The standard InChI is InChI=1S/C20H21ClN2O3.C18H17ClN2O3.C16H17ClN2O2.C16H15ClN2O.C8H9ClIN.C8H9NO2.C4H7IO2.Li.H2O/c1-5-26-17(24)11-23-16-9-6-12(2)10-14(16)20(25)13-7-8-15(21)19(18(13)23)22(3)4;1-10-4-7-14-12(8-10)18(24)11-5-6-13(19)17(20(2)3)16(11)21(14)9-15(22)23;1-10-7-8-13(11(9-10)16(20)21)18-14-6-4-5-12(17)15(14)19(2)3;1-9-4-7-13-11(8-9)16(20)10-5-6-12(17)15(19(2)3)14(10)18-13;1-11(2)8-6(9)4-3-5-7(8)10;1-5-2-3-7(9)6(4-5)8(10)11;1-2-7-4(6)3-5;;/h6-10H,5,11H2,1-4H3;4-8H,9H2,1-3H3,(H,22,23);4-9,18H,1-3H3,(H,20,21);4-8H,1-3H3,(H,18,20);3-5H,1-2H3;2-4H,9H2,1H3,(H,10,11);2-3H2,1H3;;1H2/q;;;;;;;+1;/p-1. The second-order valence-corrected chi connectivity index (χ2v) is 32.4. The van der Waals surface area contributed by atoms with Crippen LogP contribution in [0.15, 0.2) is 178 Å².